The van der Waals surface area contributed by atoms with E-state index in [1.807, 2.05) is 41.5 Å². The lowest BCUT2D eigenvalue weighted by Crippen LogP contribution is -2.49. The zero-order valence-corrected chi connectivity index (χ0v) is 18.7. The van der Waals surface area contributed by atoms with Crippen LogP contribution in [0.1, 0.15) is 43.9 Å². The lowest BCUT2D eigenvalue weighted by molar-refractivity contribution is -0.137. The van der Waals surface area contributed by atoms with Crippen molar-refractivity contribution in [3.63, 3.8) is 0 Å². The predicted octanol–water partition coefficient (Wildman–Crippen LogP) is 3.97. The van der Waals surface area contributed by atoms with Crippen molar-refractivity contribution in [3.8, 4) is 0 Å². The Morgan fingerprint density at radius 2 is 1.77 bits per heavy atom. The molecule has 7 heteroatoms. The summed E-state index contributed by atoms with van der Waals surface area (Å²) in [6, 6.07) is 7.93. The number of carbonyl (C=O) groups excluding carboxylic acids is 2. The van der Waals surface area contributed by atoms with E-state index in [-0.39, 0.29) is 11.8 Å². The Hall–Kier alpha value is -2.25. The first-order valence-corrected chi connectivity index (χ1v) is 11.7. The Morgan fingerprint density at radius 3 is 2.40 bits per heavy atom. The monoisotopic (exact) mass is 426 g/mol. The fourth-order valence-electron chi connectivity index (χ4n) is 4.38. The van der Waals surface area contributed by atoms with Gasteiger partial charge in [-0.3, -0.25) is 19.4 Å². The number of benzene rings is 1. The molecule has 160 valence electrons. The van der Waals surface area contributed by atoms with E-state index >= 15 is 0 Å². The van der Waals surface area contributed by atoms with Crippen LogP contribution in [0.5, 0.6) is 0 Å². The second-order valence-corrected chi connectivity index (χ2v) is 9.23. The van der Waals surface area contributed by atoms with Crippen LogP contribution in [0.3, 0.4) is 0 Å². The van der Waals surface area contributed by atoms with Gasteiger partial charge in [-0.1, -0.05) is 30.5 Å². The molecule has 0 atom stereocenters. The second kappa shape index (κ2) is 9.27. The maximum atomic E-state index is 12.6. The van der Waals surface area contributed by atoms with Crippen molar-refractivity contribution in [3.05, 3.63) is 40.9 Å². The Kier molecular flexibility index (Phi) is 6.49. The average Bonchev–Trinajstić information content (AvgIpc) is 3.42. The van der Waals surface area contributed by atoms with Gasteiger partial charge in [-0.15, -0.1) is 11.3 Å². The quantitative estimate of drug-likeness (QED) is 0.726. The summed E-state index contributed by atoms with van der Waals surface area (Å²) in [5.74, 6) is 0.578. The van der Waals surface area contributed by atoms with Crippen molar-refractivity contribution in [2.75, 3.05) is 31.1 Å². The Balaban J connectivity index is 1.36. The van der Waals surface area contributed by atoms with Crippen LogP contribution >= 0.6 is 11.3 Å². The molecule has 2 amide bonds. The Bertz CT molecular complexity index is 881. The minimum Gasteiger partial charge on any atom is -0.340 e. The van der Waals surface area contributed by atoms with Crippen molar-refractivity contribution < 1.29 is 9.59 Å². The van der Waals surface area contributed by atoms with Gasteiger partial charge < -0.3 is 4.90 Å². The summed E-state index contributed by atoms with van der Waals surface area (Å²) in [7, 11) is 0. The molecule has 0 N–H and O–H groups in total. The Morgan fingerprint density at radius 1 is 1.10 bits per heavy atom. The largest absolute Gasteiger partial charge is 0.340 e. The summed E-state index contributed by atoms with van der Waals surface area (Å²) < 4.78 is 0. The molecule has 6 nitrogen and oxygen atoms in total. The number of carbonyl (C=O) groups is 2. The van der Waals surface area contributed by atoms with Gasteiger partial charge in [-0.05, 0) is 31.9 Å². The lowest BCUT2D eigenvalue weighted by Gasteiger charge is -2.35. The highest BCUT2D eigenvalue weighted by atomic mass is 32.1. The van der Waals surface area contributed by atoms with E-state index in [0.717, 1.165) is 62.5 Å². The molecule has 0 spiro atoms. The zero-order chi connectivity index (χ0) is 21.1. The second-order valence-electron chi connectivity index (χ2n) is 8.39. The number of hydrogen-bond donors (Lipinski definition) is 0. The smallest absolute Gasteiger partial charge is 0.230 e. The fourth-order valence-corrected chi connectivity index (χ4v) is 5.26. The van der Waals surface area contributed by atoms with Crippen LogP contribution in [0.25, 0.3) is 0 Å². The fraction of sp³-hybridized carbons (Fsp3) is 0.522. The highest BCUT2D eigenvalue weighted by Gasteiger charge is 2.29. The van der Waals surface area contributed by atoms with Crippen molar-refractivity contribution in [1.82, 2.24) is 14.8 Å². The molecule has 4 rings (SSSR count). The molecule has 1 aromatic heterocycles. The van der Waals surface area contributed by atoms with Crippen LogP contribution in [0, 0.1) is 12.8 Å². The van der Waals surface area contributed by atoms with Gasteiger partial charge >= 0.3 is 0 Å². The van der Waals surface area contributed by atoms with E-state index in [0.29, 0.717) is 11.0 Å². The van der Waals surface area contributed by atoms with E-state index in [1.165, 1.54) is 24.2 Å². The topological polar surface area (TPSA) is 56.8 Å². The number of aryl methyl sites for hydroxylation is 1. The summed E-state index contributed by atoms with van der Waals surface area (Å²) in [6.45, 7) is 7.71. The van der Waals surface area contributed by atoms with Crippen LogP contribution in [-0.2, 0) is 16.1 Å². The standard InChI is InChI=1S/C23H30N4O2S/c1-17-7-9-21(10-8-17)27(18(2)28)23-24-20(16-30-23)15-25-11-13-26(14-12-25)22(29)19-5-3-4-6-19/h7-10,16,19H,3-6,11-15H2,1-2H3. The normalized spacial score (nSPS) is 18.0. The van der Waals surface area contributed by atoms with E-state index in [9.17, 15) is 9.59 Å². The maximum absolute atomic E-state index is 12.6. The molecule has 1 saturated carbocycles. The molecule has 2 aliphatic rings. The third-order valence-electron chi connectivity index (χ3n) is 6.11. The average molecular weight is 427 g/mol. The molecule has 1 aliphatic carbocycles. The third kappa shape index (κ3) is 4.73. The molecular formula is C23H30N4O2S. The number of anilines is 2. The van der Waals surface area contributed by atoms with Crippen LogP contribution in [0.15, 0.2) is 29.6 Å². The number of aromatic nitrogens is 1. The van der Waals surface area contributed by atoms with Gasteiger partial charge in [-0.2, -0.15) is 0 Å². The van der Waals surface area contributed by atoms with Gasteiger partial charge in [0.25, 0.3) is 0 Å². The first-order valence-electron chi connectivity index (χ1n) is 10.8. The van der Waals surface area contributed by atoms with Crippen molar-refractivity contribution in [2.45, 2.75) is 46.1 Å². The van der Waals surface area contributed by atoms with Gasteiger partial charge in [0, 0.05) is 50.9 Å². The highest BCUT2D eigenvalue weighted by Crippen LogP contribution is 2.30. The van der Waals surface area contributed by atoms with Crippen LogP contribution in [-0.4, -0.2) is 52.8 Å². The number of nitrogens with zero attached hydrogens (tertiary/aromatic N) is 4. The first-order chi connectivity index (χ1) is 14.5. The molecule has 2 aromatic rings. The van der Waals surface area contributed by atoms with E-state index in [1.54, 1.807) is 11.8 Å². The molecule has 1 saturated heterocycles. The molecule has 1 aromatic carbocycles. The van der Waals surface area contributed by atoms with E-state index < -0.39 is 0 Å². The molecule has 2 fully saturated rings. The number of hydrogen-bond acceptors (Lipinski definition) is 5. The molecule has 30 heavy (non-hydrogen) atoms. The van der Waals surface area contributed by atoms with Crippen LogP contribution in [0.2, 0.25) is 0 Å². The zero-order valence-electron chi connectivity index (χ0n) is 17.8. The molecular weight excluding hydrogens is 396 g/mol. The summed E-state index contributed by atoms with van der Waals surface area (Å²) in [6.07, 6.45) is 4.52. The summed E-state index contributed by atoms with van der Waals surface area (Å²) in [5.41, 5.74) is 2.98. The summed E-state index contributed by atoms with van der Waals surface area (Å²) >= 11 is 1.50. The number of thiazole rings is 1. The summed E-state index contributed by atoms with van der Waals surface area (Å²) in [4.78, 5) is 35.7. The van der Waals surface area contributed by atoms with Crippen molar-refractivity contribution >= 4 is 34.0 Å². The van der Waals surface area contributed by atoms with Crippen LogP contribution in [0.4, 0.5) is 10.8 Å². The predicted molar refractivity (Wildman–Crippen MR) is 120 cm³/mol. The maximum Gasteiger partial charge on any atom is 0.230 e. The Labute approximate surface area is 182 Å². The van der Waals surface area contributed by atoms with Gasteiger partial charge in [0.05, 0.1) is 11.4 Å². The van der Waals surface area contributed by atoms with Gasteiger partial charge in [0.15, 0.2) is 5.13 Å². The third-order valence-corrected chi connectivity index (χ3v) is 6.99. The van der Waals surface area contributed by atoms with Gasteiger partial charge in [0.2, 0.25) is 11.8 Å². The number of rotatable bonds is 5. The van der Waals surface area contributed by atoms with Crippen molar-refractivity contribution in [1.29, 1.82) is 0 Å². The van der Waals surface area contributed by atoms with E-state index in [2.05, 4.69) is 4.90 Å². The van der Waals surface area contributed by atoms with E-state index in [4.69, 9.17) is 4.98 Å². The molecule has 0 unspecified atom stereocenters. The number of amides is 2. The SMILES string of the molecule is CC(=O)N(c1ccc(C)cc1)c1nc(CN2CCN(C(=O)C3CCCC3)CC2)cs1. The summed E-state index contributed by atoms with van der Waals surface area (Å²) in [5, 5.41) is 2.74. The minimum absolute atomic E-state index is 0.0428. The molecule has 2 heterocycles. The van der Waals surface area contributed by atoms with Gasteiger partial charge in [0.1, 0.15) is 0 Å². The highest BCUT2D eigenvalue weighted by molar-refractivity contribution is 7.14. The van der Waals surface area contributed by atoms with Crippen LogP contribution < -0.4 is 4.90 Å². The van der Waals surface area contributed by atoms with Crippen molar-refractivity contribution in [2.24, 2.45) is 5.92 Å². The first kappa shape index (κ1) is 21.0. The molecule has 0 radical (unpaired) electrons. The molecule has 0 bridgehead atoms. The lowest BCUT2D eigenvalue weighted by atomic mass is 10.1. The minimum atomic E-state index is -0.0428. The van der Waals surface area contributed by atoms with Gasteiger partial charge in [-0.25, -0.2) is 4.98 Å². The number of piperazine rings is 1. The molecule has 1 aliphatic heterocycles.